The normalized spacial score (nSPS) is 10.1. The Morgan fingerprint density at radius 2 is 2.05 bits per heavy atom. The predicted molar refractivity (Wildman–Crippen MR) is 78.8 cm³/mol. The van der Waals surface area contributed by atoms with Crippen molar-refractivity contribution in [1.82, 2.24) is 0 Å². The number of nitrogens with two attached hydrogens (primary N) is 1. The minimum absolute atomic E-state index is 0.0908. The maximum absolute atomic E-state index is 11.6. The van der Waals surface area contributed by atoms with Crippen LogP contribution in [0.25, 0.3) is 0 Å². The molecule has 8 heteroatoms. The number of methoxy groups -OCH3 is 1. The number of esters is 1. The second-order valence-electron chi connectivity index (χ2n) is 3.47. The van der Waals surface area contributed by atoms with Gasteiger partial charge in [0.2, 0.25) is 5.91 Å². The summed E-state index contributed by atoms with van der Waals surface area (Å²) in [6.45, 7) is 0. The number of halogens is 2. The Labute approximate surface area is 124 Å². The SMILES string of the molecule is COC(=O)CSCC(=O)Nc1c(N)cc(Cl)cc1Cl. The third-order valence-electron chi connectivity index (χ3n) is 2.03. The molecule has 0 spiro atoms. The van der Waals surface area contributed by atoms with Gasteiger partial charge < -0.3 is 15.8 Å². The highest BCUT2D eigenvalue weighted by molar-refractivity contribution is 8.00. The Morgan fingerprint density at radius 3 is 2.63 bits per heavy atom. The summed E-state index contributed by atoms with van der Waals surface area (Å²) in [7, 11) is 1.29. The molecule has 1 amide bonds. The largest absolute Gasteiger partial charge is 0.468 e. The number of benzene rings is 1. The van der Waals surface area contributed by atoms with E-state index in [1.807, 2.05) is 0 Å². The second-order valence-corrected chi connectivity index (χ2v) is 5.30. The Hall–Kier alpha value is -1.11. The van der Waals surface area contributed by atoms with Gasteiger partial charge in [-0.25, -0.2) is 0 Å². The Morgan fingerprint density at radius 1 is 1.37 bits per heavy atom. The Balaban J connectivity index is 2.56. The zero-order chi connectivity index (χ0) is 14.4. The third kappa shape index (κ3) is 5.18. The minimum Gasteiger partial charge on any atom is -0.468 e. The number of ether oxygens (including phenoxy) is 1. The first-order valence-electron chi connectivity index (χ1n) is 5.13. The molecule has 19 heavy (non-hydrogen) atoms. The number of carbonyl (C=O) groups excluding carboxylic acids is 2. The van der Waals surface area contributed by atoms with Gasteiger partial charge in [-0.2, -0.15) is 0 Å². The number of carbonyl (C=O) groups is 2. The van der Waals surface area contributed by atoms with Crippen LogP contribution in [0.3, 0.4) is 0 Å². The van der Waals surface area contributed by atoms with Crippen LogP contribution in [0.15, 0.2) is 12.1 Å². The first kappa shape index (κ1) is 15.9. The average Bonchev–Trinajstić information content (AvgIpc) is 2.33. The maximum atomic E-state index is 11.6. The maximum Gasteiger partial charge on any atom is 0.315 e. The van der Waals surface area contributed by atoms with Crippen molar-refractivity contribution >= 4 is 58.2 Å². The smallest absolute Gasteiger partial charge is 0.315 e. The Kier molecular flexibility index (Phi) is 6.27. The van der Waals surface area contributed by atoms with Gasteiger partial charge in [0, 0.05) is 5.02 Å². The van der Waals surface area contributed by atoms with E-state index in [0.717, 1.165) is 11.8 Å². The molecule has 0 atom stereocenters. The van der Waals surface area contributed by atoms with Gasteiger partial charge in [-0.15, -0.1) is 11.8 Å². The lowest BCUT2D eigenvalue weighted by Crippen LogP contribution is -2.17. The monoisotopic (exact) mass is 322 g/mol. The molecule has 0 fully saturated rings. The van der Waals surface area contributed by atoms with Crippen molar-refractivity contribution < 1.29 is 14.3 Å². The third-order valence-corrected chi connectivity index (χ3v) is 3.45. The van der Waals surface area contributed by atoms with Crippen LogP contribution in [0.4, 0.5) is 11.4 Å². The van der Waals surface area contributed by atoms with Crippen molar-refractivity contribution in [2.45, 2.75) is 0 Å². The number of nitrogens with one attached hydrogen (secondary N) is 1. The fourth-order valence-corrected chi connectivity index (χ4v) is 2.39. The molecule has 0 aliphatic heterocycles. The first-order chi connectivity index (χ1) is 8.93. The molecule has 0 bridgehead atoms. The van der Waals surface area contributed by atoms with E-state index in [-0.39, 0.29) is 34.1 Å². The van der Waals surface area contributed by atoms with Gasteiger partial charge in [0.15, 0.2) is 0 Å². The summed E-state index contributed by atoms with van der Waals surface area (Å²) in [5.41, 5.74) is 6.30. The fourth-order valence-electron chi connectivity index (χ4n) is 1.19. The van der Waals surface area contributed by atoms with Crippen molar-refractivity contribution in [3.8, 4) is 0 Å². The predicted octanol–water partition coefficient (Wildman–Crippen LogP) is 2.42. The molecule has 0 aliphatic carbocycles. The van der Waals surface area contributed by atoms with E-state index < -0.39 is 0 Å². The van der Waals surface area contributed by atoms with Gasteiger partial charge in [0.05, 0.1) is 35.0 Å². The van der Waals surface area contributed by atoms with Gasteiger partial charge in [-0.05, 0) is 12.1 Å². The van der Waals surface area contributed by atoms with E-state index in [0.29, 0.717) is 10.7 Å². The van der Waals surface area contributed by atoms with Crippen molar-refractivity contribution in [2.75, 3.05) is 29.7 Å². The second kappa shape index (κ2) is 7.47. The molecule has 104 valence electrons. The molecular formula is C11H12Cl2N2O3S. The summed E-state index contributed by atoms with van der Waals surface area (Å²) in [6.07, 6.45) is 0. The van der Waals surface area contributed by atoms with Crippen LogP contribution in [-0.4, -0.2) is 30.5 Å². The van der Waals surface area contributed by atoms with Gasteiger partial charge in [0.25, 0.3) is 0 Å². The molecule has 0 saturated carbocycles. The number of hydrogen-bond donors (Lipinski definition) is 2. The van der Waals surface area contributed by atoms with Gasteiger partial charge in [-0.1, -0.05) is 23.2 Å². The molecule has 0 aromatic heterocycles. The van der Waals surface area contributed by atoms with Crippen molar-refractivity contribution in [1.29, 1.82) is 0 Å². The molecule has 5 nitrogen and oxygen atoms in total. The minimum atomic E-state index is -0.387. The van der Waals surface area contributed by atoms with Crippen LogP contribution < -0.4 is 11.1 Å². The van der Waals surface area contributed by atoms with E-state index in [9.17, 15) is 9.59 Å². The number of amides is 1. The van der Waals surface area contributed by atoms with Crippen LogP contribution in [-0.2, 0) is 14.3 Å². The zero-order valence-electron chi connectivity index (χ0n) is 10.0. The molecule has 1 aromatic carbocycles. The summed E-state index contributed by atoms with van der Waals surface area (Å²) >= 11 is 12.8. The van der Waals surface area contributed by atoms with Crippen molar-refractivity contribution in [3.63, 3.8) is 0 Å². The topological polar surface area (TPSA) is 81.4 Å². The standard InChI is InChI=1S/C11H12Cl2N2O3S/c1-18-10(17)5-19-4-9(16)15-11-7(13)2-6(12)3-8(11)14/h2-3H,4-5,14H2,1H3,(H,15,16). The molecule has 0 saturated heterocycles. The van der Waals surface area contributed by atoms with Crippen LogP contribution in [0.1, 0.15) is 0 Å². The summed E-state index contributed by atoms with van der Waals surface area (Å²) in [6, 6.07) is 2.97. The van der Waals surface area contributed by atoms with E-state index in [4.69, 9.17) is 28.9 Å². The highest BCUT2D eigenvalue weighted by Gasteiger charge is 2.11. The number of hydrogen-bond acceptors (Lipinski definition) is 5. The summed E-state index contributed by atoms with van der Waals surface area (Å²) < 4.78 is 4.45. The highest BCUT2D eigenvalue weighted by Crippen LogP contribution is 2.32. The van der Waals surface area contributed by atoms with Crippen molar-refractivity contribution in [3.05, 3.63) is 22.2 Å². The highest BCUT2D eigenvalue weighted by atomic mass is 35.5. The van der Waals surface area contributed by atoms with Crippen LogP contribution in [0.2, 0.25) is 10.0 Å². The molecular weight excluding hydrogens is 311 g/mol. The lowest BCUT2D eigenvalue weighted by Gasteiger charge is -2.10. The van der Waals surface area contributed by atoms with E-state index >= 15 is 0 Å². The van der Waals surface area contributed by atoms with Crippen molar-refractivity contribution in [2.24, 2.45) is 0 Å². The van der Waals surface area contributed by atoms with E-state index in [2.05, 4.69) is 10.1 Å². The lowest BCUT2D eigenvalue weighted by atomic mass is 10.2. The van der Waals surface area contributed by atoms with Crippen LogP contribution in [0, 0.1) is 0 Å². The fraction of sp³-hybridized carbons (Fsp3) is 0.273. The number of nitrogen functional groups attached to an aromatic ring is 1. The number of anilines is 2. The summed E-state index contributed by atoms with van der Waals surface area (Å²) in [5.74, 6) is -0.506. The average molecular weight is 323 g/mol. The molecule has 1 rings (SSSR count). The molecule has 1 aromatic rings. The quantitative estimate of drug-likeness (QED) is 0.642. The van der Waals surface area contributed by atoms with E-state index in [1.165, 1.54) is 19.2 Å². The molecule has 3 N–H and O–H groups in total. The van der Waals surface area contributed by atoms with Gasteiger partial charge >= 0.3 is 5.97 Å². The zero-order valence-corrected chi connectivity index (χ0v) is 12.4. The molecule has 0 heterocycles. The lowest BCUT2D eigenvalue weighted by molar-refractivity contribution is -0.137. The number of thioether (sulfide) groups is 1. The van der Waals surface area contributed by atoms with E-state index in [1.54, 1.807) is 0 Å². The summed E-state index contributed by atoms with van der Waals surface area (Å²) in [5, 5.41) is 3.22. The summed E-state index contributed by atoms with van der Waals surface area (Å²) in [4.78, 5) is 22.5. The van der Waals surface area contributed by atoms with Gasteiger partial charge in [0.1, 0.15) is 0 Å². The number of rotatable bonds is 5. The molecule has 0 radical (unpaired) electrons. The van der Waals surface area contributed by atoms with Crippen LogP contribution in [0.5, 0.6) is 0 Å². The molecule has 0 aliphatic rings. The molecule has 0 unspecified atom stereocenters. The van der Waals surface area contributed by atoms with Gasteiger partial charge in [-0.3, -0.25) is 9.59 Å². The Bertz CT molecular complexity index is 474. The first-order valence-corrected chi connectivity index (χ1v) is 7.04. The van der Waals surface area contributed by atoms with Crippen LogP contribution >= 0.6 is 35.0 Å².